The second kappa shape index (κ2) is 7.93. The molecule has 2 aromatic rings. The molecular weight excluding hydrogens is 410 g/mol. The van der Waals surface area contributed by atoms with E-state index in [1.165, 1.54) is 0 Å². The van der Waals surface area contributed by atoms with Crippen molar-refractivity contribution in [2.24, 2.45) is 0 Å². The molecule has 0 aliphatic carbocycles. The number of aliphatic carboxylic acids is 1. The lowest BCUT2D eigenvalue weighted by Gasteiger charge is -2.30. The summed E-state index contributed by atoms with van der Waals surface area (Å²) in [6, 6.07) is 7.24. The zero-order chi connectivity index (χ0) is 23.2. The topological polar surface area (TPSA) is 113 Å². The van der Waals surface area contributed by atoms with Gasteiger partial charge in [-0.1, -0.05) is 33.8 Å². The molecule has 4 rings (SSSR count). The van der Waals surface area contributed by atoms with E-state index in [-0.39, 0.29) is 35.9 Å². The summed E-state index contributed by atoms with van der Waals surface area (Å²) in [4.78, 5) is 30.8. The second-order valence-corrected chi connectivity index (χ2v) is 9.15. The molecule has 168 valence electrons. The van der Waals surface area contributed by atoms with Crippen LogP contribution in [0, 0.1) is 5.41 Å². The lowest BCUT2D eigenvalue weighted by atomic mass is 9.84. The predicted molar refractivity (Wildman–Crippen MR) is 118 cm³/mol. The first-order valence-corrected chi connectivity index (χ1v) is 10.6. The number of ether oxygens (including phenoxy) is 2. The maximum atomic E-state index is 13.2. The van der Waals surface area contributed by atoms with Crippen LogP contribution in [-0.2, 0) is 23.2 Å². The van der Waals surface area contributed by atoms with E-state index in [0.29, 0.717) is 23.6 Å². The Labute approximate surface area is 186 Å². The van der Waals surface area contributed by atoms with Gasteiger partial charge in [-0.15, -0.1) is 0 Å². The van der Waals surface area contributed by atoms with Gasteiger partial charge in [0.15, 0.2) is 17.3 Å². The average Bonchev–Trinajstić information content (AvgIpc) is 3.06. The molecule has 1 atom stereocenters. The van der Waals surface area contributed by atoms with Crippen molar-refractivity contribution in [3.63, 3.8) is 0 Å². The highest BCUT2D eigenvalue weighted by molar-refractivity contribution is 6.04. The number of nitrogens with zero attached hydrogens (tertiary/aromatic N) is 2. The minimum atomic E-state index is -1.12. The number of aromatic nitrogens is 1. The van der Waals surface area contributed by atoms with Gasteiger partial charge in [-0.2, -0.15) is 0 Å². The van der Waals surface area contributed by atoms with E-state index >= 15 is 0 Å². The largest absolute Gasteiger partial charge is 0.485 e. The van der Waals surface area contributed by atoms with Gasteiger partial charge < -0.3 is 19.5 Å². The number of carbonyl (C=O) groups excluding carboxylic acids is 1. The van der Waals surface area contributed by atoms with E-state index in [2.05, 4.69) is 4.98 Å². The third-order valence-corrected chi connectivity index (χ3v) is 5.74. The van der Waals surface area contributed by atoms with Crippen molar-refractivity contribution >= 4 is 17.6 Å². The fraction of sp³-hybridized carbons (Fsp3) is 0.417. The number of benzene rings is 1. The van der Waals surface area contributed by atoms with E-state index in [9.17, 15) is 14.7 Å². The third kappa shape index (κ3) is 3.92. The van der Waals surface area contributed by atoms with Gasteiger partial charge in [0.1, 0.15) is 18.1 Å². The number of hydrogen-bond donors (Lipinski definition) is 2. The van der Waals surface area contributed by atoms with Crippen LogP contribution in [-0.4, -0.2) is 51.8 Å². The molecule has 2 N–H and O–H groups in total. The number of carbonyl (C=O) groups is 2. The molecule has 0 radical (unpaired) electrons. The number of pyridine rings is 1. The highest BCUT2D eigenvalue weighted by Crippen LogP contribution is 2.42. The van der Waals surface area contributed by atoms with Gasteiger partial charge in [0, 0.05) is 28.9 Å². The molecule has 0 bridgehead atoms. The number of aryl methyl sites for hydroxylation is 1. The van der Waals surface area contributed by atoms with E-state index in [1.54, 1.807) is 17.0 Å². The molecular formula is C24H27N3O5. The Morgan fingerprint density at radius 1 is 1.28 bits per heavy atom. The van der Waals surface area contributed by atoms with E-state index in [0.717, 1.165) is 23.2 Å². The summed E-state index contributed by atoms with van der Waals surface area (Å²) in [5.41, 5.74) is 3.29. The summed E-state index contributed by atoms with van der Waals surface area (Å²) >= 11 is 0. The molecule has 8 heteroatoms. The van der Waals surface area contributed by atoms with Crippen LogP contribution in [0.3, 0.4) is 0 Å². The molecule has 2 aliphatic heterocycles. The number of carboxylic acid groups (broad SMARTS) is 1. The van der Waals surface area contributed by atoms with E-state index in [4.69, 9.17) is 14.9 Å². The normalized spacial score (nSPS) is 17.3. The van der Waals surface area contributed by atoms with Crippen LogP contribution in [0.25, 0.3) is 0 Å². The highest BCUT2D eigenvalue weighted by Gasteiger charge is 2.34. The van der Waals surface area contributed by atoms with Crippen LogP contribution in [0.5, 0.6) is 11.5 Å². The average molecular weight is 437 g/mol. The SMILES string of the molecule is CCc1ccc2c(n1)C(=N)N(CC(=O)c1cc3c(c(C(C)(C)C)c1)OCC(C(=O)O)O3)C2. The molecule has 1 aromatic carbocycles. The molecule has 0 saturated heterocycles. The number of hydrogen-bond acceptors (Lipinski definition) is 6. The summed E-state index contributed by atoms with van der Waals surface area (Å²) in [7, 11) is 0. The van der Waals surface area contributed by atoms with Crippen LogP contribution in [0.1, 0.15) is 60.6 Å². The third-order valence-electron chi connectivity index (χ3n) is 5.74. The quantitative estimate of drug-likeness (QED) is 0.691. The van der Waals surface area contributed by atoms with Crippen LogP contribution in [0.15, 0.2) is 24.3 Å². The van der Waals surface area contributed by atoms with Crippen molar-refractivity contribution in [3.05, 3.63) is 52.3 Å². The number of nitrogens with one attached hydrogen (secondary N) is 1. The molecule has 1 unspecified atom stereocenters. The van der Waals surface area contributed by atoms with Crippen molar-refractivity contribution in [3.8, 4) is 11.5 Å². The minimum absolute atomic E-state index is 0.0161. The Hall–Kier alpha value is -3.42. The molecule has 0 saturated carbocycles. The van der Waals surface area contributed by atoms with Crippen molar-refractivity contribution in [2.75, 3.05) is 13.2 Å². The van der Waals surface area contributed by atoms with E-state index in [1.807, 2.05) is 39.8 Å². The Morgan fingerprint density at radius 3 is 2.69 bits per heavy atom. The van der Waals surface area contributed by atoms with Crippen LogP contribution < -0.4 is 9.47 Å². The van der Waals surface area contributed by atoms with Crippen LogP contribution >= 0.6 is 0 Å². The number of rotatable bonds is 5. The summed E-state index contributed by atoms with van der Waals surface area (Å²) in [5, 5.41) is 17.8. The molecule has 8 nitrogen and oxygen atoms in total. The Bertz CT molecular complexity index is 1120. The fourth-order valence-electron chi connectivity index (χ4n) is 3.92. The summed E-state index contributed by atoms with van der Waals surface area (Å²) in [6.07, 6.45) is -0.343. The van der Waals surface area contributed by atoms with Crippen molar-refractivity contribution in [1.82, 2.24) is 9.88 Å². The number of ketones is 1. The standard InChI is InChI=1S/C24H27N3O5/c1-5-15-7-6-13-10-27(22(25)20(13)26-15)11-17(28)14-8-16(24(2,3)4)21-18(9-14)32-19(12-31-21)23(29)30/h6-9,19,25H,5,10-12H2,1-4H3,(H,29,30). The summed E-state index contributed by atoms with van der Waals surface area (Å²) in [5.74, 6) is -0.333. The lowest BCUT2D eigenvalue weighted by Crippen LogP contribution is -2.37. The molecule has 3 heterocycles. The fourth-order valence-corrected chi connectivity index (χ4v) is 3.92. The monoisotopic (exact) mass is 437 g/mol. The van der Waals surface area contributed by atoms with Crippen molar-refractivity contribution < 1.29 is 24.2 Å². The van der Waals surface area contributed by atoms with Gasteiger partial charge in [-0.3, -0.25) is 10.2 Å². The number of Topliss-reactive ketones (excluding diaryl/α,β-unsaturated/α-hetero) is 1. The van der Waals surface area contributed by atoms with Gasteiger partial charge in [0.2, 0.25) is 6.10 Å². The maximum absolute atomic E-state index is 13.2. The van der Waals surface area contributed by atoms with Gasteiger partial charge in [0.25, 0.3) is 0 Å². The van der Waals surface area contributed by atoms with Crippen LogP contribution in [0.2, 0.25) is 0 Å². The van der Waals surface area contributed by atoms with Gasteiger partial charge in [-0.25, -0.2) is 9.78 Å². The highest BCUT2D eigenvalue weighted by atomic mass is 16.6. The Morgan fingerprint density at radius 2 is 2.03 bits per heavy atom. The maximum Gasteiger partial charge on any atom is 0.348 e. The molecule has 1 aromatic heterocycles. The zero-order valence-corrected chi connectivity index (χ0v) is 18.7. The molecule has 2 aliphatic rings. The summed E-state index contributed by atoms with van der Waals surface area (Å²) < 4.78 is 11.4. The lowest BCUT2D eigenvalue weighted by molar-refractivity contribution is -0.147. The zero-order valence-electron chi connectivity index (χ0n) is 18.7. The number of fused-ring (bicyclic) bond motifs is 2. The first-order valence-electron chi connectivity index (χ1n) is 10.6. The molecule has 0 amide bonds. The molecule has 0 spiro atoms. The first kappa shape index (κ1) is 21.8. The predicted octanol–water partition coefficient (Wildman–Crippen LogP) is 3.19. The Kier molecular flexibility index (Phi) is 5.40. The molecule has 32 heavy (non-hydrogen) atoms. The van der Waals surface area contributed by atoms with E-state index < -0.39 is 12.1 Å². The minimum Gasteiger partial charge on any atom is -0.485 e. The van der Waals surface area contributed by atoms with Gasteiger partial charge >= 0.3 is 5.97 Å². The van der Waals surface area contributed by atoms with Gasteiger partial charge in [0.05, 0.1) is 6.54 Å². The second-order valence-electron chi connectivity index (χ2n) is 9.15. The van der Waals surface area contributed by atoms with Gasteiger partial charge in [-0.05, 0) is 30.0 Å². The Balaban J connectivity index is 1.62. The van der Waals surface area contributed by atoms with Crippen LogP contribution in [0.4, 0.5) is 0 Å². The smallest absolute Gasteiger partial charge is 0.348 e. The number of amidine groups is 1. The van der Waals surface area contributed by atoms with Crippen molar-refractivity contribution in [2.45, 2.75) is 52.2 Å². The number of carboxylic acids is 1. The van der Waals surface area contributed by atoms with Crippen molar-refractivity contribution in [1.29, 1.82) is 5.41 Å². The summed E-state index contributed by atoms with van der Waals surface area (Å²) in [6.45, 7) is 8.37. The molecule has 0 fully saturated rings. The first-order chi connectivity index (χ1) is 15.1.